The van der Waals surface area contributed by atoms with E-state index in [1.54, 1.807) is 0 Å². The number of amides is 1. The normalized spacial score (nSPS) is 17.0. The summed E-state index contributed by atoms with van der Waals surface area (Å²) in [5.41, 5.74) is -0.182. The van der Waals surface area contributed by atoms with Crippen molar-refractivity contribution in [2.75, 3.05) is 12.5 Å². The van der Waals surface area contributed by atoms with Gasteiger partial charge in [-0.15, -0.1) is 11.6 Å². The molecule has 92 valence electrons. The van der Waals surface area contributed by atoms with Crippen LogP contribution in [0.4, 0.5) is 0 Å². The third-order valence-electron chi connectivity index (χ3n) is 3.08. The molecule has 0 unspecified atom stereocenters. The molecule has 1 aromatic carbocycles. The van der Waals surface area contributed by atoms with Gasteiger partial charge in [-0.3, -0.25) is 4.79 Å². The Kier molecular flexibility index (Phi) is 3.89. The van der Waals surface area contributed by atoms with Crippen LogP contribution in [0.25, 0.3) is 0 Å². The van der Waals surface area contributed by atoms with Crippen LogP contribution in [-0.4, -0.2) is 23.9 Å². The van der Waals surface area contributed by atoms with E-state index in [0.29, 0.717) is 11.6 Å². The van der Waals surface area contributed by atoms with Gasteiger partial charge in [0.2, 0.25) is 0 Å². The highest BCUT2D eigenvalue weighted by molar-refractivity contribution is 6.18. The number of carbonyl (C=O) groups excluding carboxylic acids is 1. The number of benzene rings is 1. The van der Waals surface area contributed by atoms with Crippen molar-refractivity contribution < 1.29 is 9.53 Å². The Labute approximate surface area is 106 Å². The minimum atomic E-state index is -0.182. The molecular weight excluding hydrogens is 238 g/mol. The van der Waals surface area contributed by atoms with Crippen LogP contribution in [0.2, 0.25) is 0 Å². The lowest BCUT2D eigenvalue weighted by molar-refractivity contribution is -0.125. The highest BCUT2D eigenvalue weighted by Crippen LogP contribution is 2.32. The van der Waals surface area contributed by atoms with Crippen LogP contribution in [0.15, 0.2) is 30.3 Å². The molecule has 0 bridgehead atoms. The van der Waals surface area contributed by atoms with Crippen LogP contribution < -0.4 is 10.1 Å². The molecule has 1 fully saturated rings. The summed E-state index contributed by atoms with van der Waals surface area (Å²) in [7, 11) is 0. The summed E-state index contributed by atoms with van der Waals surface area (Å²) >= 11 is 5.87. The van der Waals surface area contributed by atoms with E-state index in [2.05, 4.69) is 5.32 Å². The monoisotopic (exact) mass is 253 g/mol. The summed E-state index contributed by atoms with van der Waals surface area (Å²) in [5.74, 6) is 1.08. The molecule has 1 aromatic rings. The van der Waals surface area contributed by atoms with Gasteiger partial charge in [-0.05, 0) is 31.4 Å². The van der Waals surface area contributed by atoms with E-state index in [-0.39, 0.29) is 18.1 Å². The Hall–Kier alpha value is -1.22. The molecule has 1 aliphatic carbocycles. The van der Waals surface area contributed by atoms with Gasteiger partial charge in [0.05, 0.1) is 5.54 Å². The summed E-state index contributed by atoms with van der Waals surface area (Å²) in [6.07, 6.45) is 3.06. The number of hydrogen-bond donors (Lipinski definition) is 1. The number of para-hydroxylation sites is 1. The SMILES string of the molecule is O=C(COc1ccccc1)NC1(CCl)CCC1. The number of carbonyl (C=O) groups is 1. The van der Waals surface area contributed by atoms with Crippen LogP contribution in [0.5, 0.6) is 5.75 Å². The Bertz CT molecular complexity index is 371. The second kappa shape index (κ2) is 5.41. The molecule has 0 atom stereocenters. The van der Waals surface area contributed by atoms with Crippen LogP contribution in [-0.2, 0) is 4.79 Å². The summed E-state index contributed by atoms with van der Waals surface area (Å²) in [6.45, 7) is 0.0443. The van der Waals surface area contributed by atoms with Gasteiger partial charge in [-0.25, -0.2) is 0 Å². The molecule has 1 aliphatic rings. The smallest absolute Gasteiger partial charge is 0.258 e. The van der Waals surface area contributed by atoms with Crippen molar-refractivity contribution in [2.45, 2.75) is 24.8 Å². The van der Waals surface area contributed by atoms with Crippen LogP contribution >= 0.6 is 11.6 Å². The van der Waals surface area contributed by atoms with E-state index in [9.17, 15) is 4.79 Å². The molecule has 0 aromatic heterocycles. The average molecular weight is 254 g/mol. The van der Waals surface area contributed by atoms with Crippen molar-refractivity contribution >= 4 is 17.5 Å². The Morgan fingerprint density at radius 2 is 2.06 bits per heavy atom. The zero-order chi connectivity index (χ0) is 12.1. The molecule has 1 saturated carbocycles. The zero-order valence-corrected chi connectivity index (χ0v) is 10.4. The molecule has 4 heteroatoms. The molecule has 0 radical (unpaired) electrons. The number of alkyl halides is 1. The van der Waals surface area contributed by atoms with Gasteiger partial charge in [-0.1, -0.05) is 18.2 Å². The molecule has 17 heavy (non-hydrogen) atoms. The average Bonchev–Trinajstić information content (AvgIpc) is 2.33. The third-order valence-corrected chi connectivity index (χ3v) is 3.60. The predicted octanol–water partition coefficient (Wildman–Crippen LogP) is 2.34. The Morgan fingerprint density at radius 1 is 1.35 bits per heavy atom. The summed E-state index contributed by atoms with van der Waals surface area (Å²) in [5, 5.41) is 2.95. The van der Waals surface area contributed by atoms with Crippen LogP contribution in [0.1, 0.15) is 19.3 Å². The molecule has 0 heterocycles. The second-order valence-electron chi connectivity index (χ2n) is 4.42. The maximum absolute atomic E-state index is 11.7. The fourth-order valence-corrected chi connectivity index (χ4v) is 2.23. The molecule has 0 spiro atoms. The third kappa shape index (κ3) is 3.13. The fourth-order valence-electron chi connectivity index (χ4n) is 1.89. The van der Waals surface area contributed by atoms with E-state index >= 15 is 0 Å². The quantitative estimate of drug-likeness (QED) is 0.818. The first-order valence-electron chi connectivity index (χ1n) is 5.79. The first kappa shape index (κ1) is 12.2. The molecule has 1 amide bonds. The van der Waals surface area contributed by atoms with Crippen molar-refractivity contribution in [1.82, 2.24) is 5.32 Å². The Morgan fingerprint density at radius 3 is 2.59 bits per heavy atom. The van der Waals surface area contributed by atoms with Crippen molar-refractivity contribution in [3.63, 3.8) is 0 Å². The van der Waals surface area contributed by atoms with Crippen LogP contribution in [0, 0.1) is 0 Å². The van der Waals surface area contributed by atoms with Gasteiger partial charge in [-0.2, -0.15) is 0 Å². The van der Waals surface area contributed by atoms with E-state index < -0.39 is 0 Å². The summed E-state index contributed by atoms with van der Waals surface area (Å²) < 4.78 is 5.37. The standard InChI is InChI=1S/C13H16ClNO2/c14-10-13(7-4-8-13)15-12(16)9-17-11-5-2-1-3-6-11/h1-3,5-6H,4,7-10H2,(H,15,16). The lowest BCUT2D eigenvalue weighted by Crippen LogP contribution is -2.56. The number of nitrogens with one attached hydrogen (secondary N) is 1. The second-order valence-corrected chi connectivity index (χ2v) is 4.68. The lowest BCUT2D eigenvalue weighted by Gasteiger charge is -2.40. The minimum Gasteiger partial charge on any atom is -0.484 e. The van der Waals surface area contributed by atoms with Gasteiger partial charge in [0.25, 0.3) is 5.91 Å². The predicted molar refractivity (Wildman–Crippen MR) is 67.4 cm³/mol. The molecular formula is C13H16ClNO2. The van der Waals surface area contributed by atoms with Crippen molar-refractivity contribution in [2.24, 2.45) is 0 Å². The summed E-state index contributed by atoms with van der Waals surface area (Å²) in [6, 6.07) is 9.31. The molecule has 3 nitrogen and oxygen atoms in total. The number of ether oxygens (including phenoxy) is 1. The Balaban J connectivity index is 1.78. The molecule has 0 saturated heterocycles. The van der Waals surface area contributed by atoms with Gasteiger partial charge in [0.1, 0.15) is 5.75 Å². The zero-order valence-electron chi connectivity index (χ0n) is 9.62. The maximum Gasteiger partial charge on any atom is 0.258 e. The number of halogens is 1. The van der Waals surface area contributed by atoms with Gasteiger partial charge in [0, 0.05) is 5.88 Å². The van der Waals surface area contributed by atoms with Gasteiger partial charge < -0.3 is 10.1 Å². The summed E-state index contributed by atoms with van der Waals surface area (Å²) in [4.78, 5) is 11.7. The van der Waals surface area contributed by atoms with Crippen molar-refractivity contribution in [3.8, 4) is 5.75 Å². The maximum atomic E-state index is 11.7. The first-order valence-corrected chi connectivity index (χ1v) is 6.32. The fraction of sp³-hybridized carbons (Fsp3) is 0.462. The minimum absolute atomic E-state index is 0.0443. The highest BCUT2D eigenvalue weighted by Gasteiger charge is 2.37. The van der Waals surface area contributed by atoms with E-state index in [0.717, 1.165) is 19.3 Å². The van der Waals surface area contributed by atoms with Crippen molar-refractivity contribution in [3.05, 3.63) is 30.3 Å². The largest absolute Gasteiger partial charge is 0.484 e. The lowest BCUT2D eigenvalue weighted by atomic mass is 9.78. The van der Waals surface area contributed by atoms with Gasteiger partial charge >= 0.3 is 0 Å². The highest BCUT2D eigenvalue weighted by atomic mass is 35.5. The van der Waals surface area contributed by atoms with Gasteiger partial charge in [0.15, 0.2) is 6.61 Å². The molecule has 0 aliphatic heterocycles. The topological polar surface area (TPSA) is 38.3 Å². The first-order chi connectivity index (χ1) is 8.24. The molecule has 2 rings (SSSR count). The number of rotatable bonds is 5. The number of hydrogen-bond acceptors (Lipinski definition) is 2. The van der Waals surface area contributed by atoms with Crippen LogP contribution in [0.3, 0.4) is 0 Å². The van der Waals surface area contributed by atoms with E-state index in [4.69, 9.17) is 16.3 Å². The van der Waals surface area contributed by atoms with E-state index in [1.807, 2.05) is 30.3 Å². The van der Waals surface area contributed by atoms with E-state index in [1.165, 1.54) is 0 Å². The van der Waals surface area contributed by atoms with Crippen molar-refractivity contribution in [1.29, 1.82) is 0 Å². The molecule has 1 N–H and O–H groups in total.